The maximum atomic E-state index is 11.6. The lowest BCUT2D eigenvalue weighted by Gasteiger charge is -2.12. The van der Waals surface area contributed by atoms with Crippen LogP contribution >= 0.6 is 11.6 Å². The Bertz CT molecular complexity index is 577. The number of sulfone groups is 1. The monoisotopic (exact) mass is 334 g/mol. The van der Waals surface area contributed by atoms with Crippen LogP contribution in [0.5, 0.6) is 5.75 Å². The Morgan fingerprint density at radius 3 is 2.81 bits per heavy atom. The van der Waals surface area contributed by atoms with E-state index in [0.717, 1.165) is 6.26 Å². The van der Waals surface area contributed by atoms with Gasteiger partial charge in [-0.15, -0.1) is 0 Å². The Morgan fingerprint density at radius 2 is 2.19 bits per heavy atom. The van der Waals surface area contributed by atoms with Gasteiger partial charge in [0.25, 0.3) is 0 Å². The molecule has 0 aliphatic carbocycles. The van der Waals surface area contributed by atoms with Gasteiger partial charge in [0.2, 0.25) is 5.91 Å². The molecule has 6 nitrogen and oxygen atoms in total. The van der Waals surface area contributed by atoms with E-state index in [0.29, 0.717) is 10.8 Å². The summed E-state index contributed by atoms with van der Waals surface area (Å²) in [5.74, 6) is 0.104. The average molecular weight is 335 g/mol. The van der Waals surface area contributed by atoms with Crippen molar-refractivity contribution in [1.29, 1.82) is 0 Å². The highest BCUT2D eigenvalue weighted by Gasteiger charge is 2.15. The largest absolute Gasteiger partial charge is 0.492 e. The van der Waals surface area contributed by atoms with Gasteiger partial charge in [-0.3, -0.25) is 4.79 Å². The minimum Gasteiger partial charge on any atom is -0.492 e. The molecule has 8 heteroatoms. The summed E-state index contributed by atoms with van der Waals surface area (Å²) in [6, 6.07) is 6.08. The number of halogens is 1. The molecular weight excluding hydrogens is 316 g/mol. The molecule has 1 aromatic rings. The minimum atomic E-state index is -3.12. The number of rotatable bonds is 8. The van der Waals surface area contributed by atoms with Crippen LogP contribution in [-0.2, 0) is 14.6 Å². The summed E-state index contributed by atoms with van der Waals surface area (Å²) < 4.78 is 27.4. The van der Waals surface area contributed by atoms with E-state index in [1.807, 2.05) is 0 Å². The first-order valence-electron chi connectivity index (χ1n) is 6.37. The maximum absolute atomic E-state index is 11.6. The summed E-state index contributed by atoms with van der Waals surface area (Å²) in [5, 5.41) is 3.16. The first kappa shape index (κ1) is 17.7. The Balaban J connectivity index is 2.24. The van der Waals surface area contributed by atoms with Crippen LogP contribution in [0, 0.1) is 0 Å². The summed E-state index contributed by atoms with van der Waals surface area (Å²) >= 11 is 5.81. The molecule has 0 saturated carbocycles. The minimum absolute atomic E-state index is 0.0970. The van der Waals surface area contributed by atoms with Crippen molar-refractivity contribution in [1.82, 2.24) is 5.32 Å². The van der Waals surface area contributed by atoms with E-state index in [9.17, 15) is 13.2 Å². The van der Waals surface area contributed by atoms with Gasteiger partial charge in [0.15, 0.2) is 0 Å². The van der Waals surface area contributed by atoms with Crippen LogP contribution in [0.15, 0.2) is 24.3 Å². The molecule has 0 radical (unpaired) electrons. The zero-order chi connectivity index (χ0) is 15.9. The molecule has 21 heavy (non-hydrogen) atoms. The van der Waals surface area contributed by atoms with E-state index in [1.54, 1.807) is 24.3 Å². The summed E-state index contributed by atoms with van der Waals surface area (Å²) in [5.41, 5.74) is 5.60. The van der Waals surface area contributed by atoms with Crippen molar-refractivity contribution < 1.29 is 17.9 Å². The summed E-state index contributed by atoms with van der Waals surface area (Å²) in [6.07, 6.45) is 1.20. The van der Waals surface area contributed by atoms with Crippen molar-refractivity contribution in [3.8, 4) is 5.75 Å². The number of hydrogen-bond donors (Lipinski definition) is 2. The molecule has 1 rings (SSSR count). The van der Waals surface area contributed by atoms with Crippen LogP contribution < -0.4 is 15.8 Å². The van der Waals surface area contributed by atoms with Crippen molar-refractivity contribution in [3.63, 3.8) is 0 Å². The van der Waals surface area contributed by atoms with Gasteiger partial charge in [0, 0.05) is 11.3 Å². The zero-order valence-corrected chi connectivity index (χ0v) is 13.3. The molecule has 0 aliphatic rings. The highest BCUT2D eigenvalue weighted by atomic mass is 35.5. The van der Waals surface area contributed by atoms with Crippen LogP contribution in [0.2, 0.25) is 5.02 Å². The van der Waals surface area contributed by atoms with Crippen molar-refractivity contribution >= 4 is 27.3 Å². The Kier molecular flexibility index (Phi) is 6.94. The normalized spacial score (nSPS) is 12.7. The molecule has 3 N–H and O–H groups in total. The van der Waals surface area contributed by atoms with Gasteiger partial charge in [0.05, 0.1) is 18.3 Å². The highest BCUT2D eigenvalue weighted by molar-refractivity contribution is 7.90. The molecule has 0 heterocycles. The third-order valence-corrected chi connectivity index (χ3v) is 3.81. The second-order valence-corrected chi connectivity index (χ2v) is 7.32. The fourth-order valence-electron chi connectivity index (χ4n) is 1.50. The van der Waals surface area contributed by atoms with E-state index >= 15 is 0 Å². The van der Waals surface area contributed by atoms with E-state index in [-0.39, 0.29) is 25.3 Å². The predicted octanol–water partition coefficient (Wildman–Crippen LogP) is 0.597. The van der Waals surface area contributed by atoms with Crippen molar-refractivity contribution in [3.05, 3.63) is 29.3 Å². The van der Waals surface area contributed by atoms with Crippen LogP contribution in [0.1, 0.15) is 6.42 Å². The van der Waals surface area contributed by atoms with Crippen molar-refractivity contribution in [2.45, 2.75) is 12.5 Å². The van der Waals surface area contributed by atoms with Crippen LogP contribution in [0.25, 0.3) is 0 Å². The first-order chi connectivity index (χ1) is 9.78. The summed E-state index contributed by atoms with van der Waals surface area (Å²) in [4.78, 5) is 11.6. The fraction of sp³-hybridized carbons (Fsp3) is 0.462. The van der Waals surface area contributed by atoms with Gasteiger partial charge in [0.1, 0.15) is 22.2 Å². The molecule has 1 unspecified atom stereocenters. The van der Waals surface area contributed by atoms with E-state index in [2.05, 4.69) is 5.32 Å². The molecule has 0 fully saturated rings. The van der Waals surface area contributed by atoms with Gasteiger partial charge in [-0.05, 0) is 24.6 Å². The number of nitrogens with one attached hydrogen (secondary N) is 1. The first-order valence-corrected chi connectivity index (χ1v) is 8.81. The lowest BCUT2D eigenvalue weighted by molar-refractivity contribution is -0.122. The lowest BCUT2D eigenvalue weighted by Crippen LogP contribution is -2.42. The number of amides is 1. The molecular formula is C13H19ClN2O4S. The third-order valence-electron chi connectivity index (χ3n) is 2.60. The highest BCUT2D eigenvalue weighted by Crippen LogP contribution is 2.16. The van der Waals surface area contributed by atoms with Gasteiger partial charge < -0.3 is 15.8 Å². The molecule has 1 atom stereocenters. The molecule has 0 bridgehead atoms. The second-order valence-electron chi connectivity index (χ2n) is 4.62. The van der Waals surface area contributed by atoms with Gasteiger partial charge in [-0.1, -0.05) is 17.7 Å². The van der Waals surface area contributed by atoms with Crippen LogP contribution in [0.3, 0.4) is 0 Å². The Morgan fingerprint density at radius 1 is 1.48 bits per heavy atom. The molecule has 0 aliphatic heterocycles. The number of carbonyl (C=O) groups is 1. The molecule has 0 aromatic heterocycles. The van der Waals surface area contributed by atoms with Gasteiger partial charge >= 0.3 is 0 Å². The maximum Gasteiger partial charge on any atom is 0.237 e. The Labute approximate surface area is 129 Å². The molecule has 1 amide bonds. The second kappa shape index (κ2) is 8.21. The number of nitrogens with two attached hydrogens (primary N) is 1. The summed E-state index contributed by atoms with van der Waals surface area (Å²) in [6.45, 7) is 0.544. The Hall–Kier alpha value is -1.31. The predicted molar refractivity (Wildman–Crippen MR) is 82.3 cm³/mol. The topological polar surface area (TPSA) is 98.5 Å². The molecule has 0 saturated heterocycles. The SMILES string of the molecule is CS(=O)(=O)CCC(N)C(=O)NCCOc1cccc(Cl)c1. The van der Waals surface area contributed by atoms with E-state index in [1.165, 1.54) is 0 Å². The van der Waals surface area contributed by atoms with Crippen LogP contribution in [0.4, 0.5) is 0 Å². The standard InChI is InChI=1S/C13H19ClN2O4S/c1-21(18,19)8-5-12(15)13(17)16-6-7-20-11-4-2-3-10(14)9-11/h2-4,9,12H,5-8,15H2,1H3,(H,16,17). The number of benzene rings is 1. The third kappa shape index (κ3) is 7.89. The number of hydrogen-bond acceptors (Lipinski definition) is 5. The summed E-state index contributed by atoms with van der Waals surface area (Å²) in [7, 11) is -3.12. The fourth-order valence-corrected chi connectivity index (χ4v) is 2.37. The van der Waals surface area contributed by atoms with E-state index in [4.69, 9.17) is 22.1 Å². The molecule has 1 aromatic carbocycles. The van der Waals surface area contributed by atoms with Gasteiger partial charge in [-0.2, -0.15) is 0 Å². The zero-order valence-electron chi connectivity index (χ0n) is 11.7. The quantitative estimate of drug-likeness (QED) is 0.678. The number of ether oxygens (including phenoxy) is 1. The molecule has 118 valence electrons. The van der Waals surface area contributed by atoms with Crippen molar-refractivity contribution in [2.24, 2.45) is 5.73 Å². The van der Waals surface area contributed by atoms with Crippen molar-refractivity contribution in [2.75, 3.05) is 25.2 Å². The van der Waals surface area contributed by atoms with E-state index < -0.39 is 21.8 Å². The smallest absolute Gasteiger partial charge is 0.237 e. The van der Waals surface area contributed by atoms with Crippen LogP contribution in [-0.4, -0.2) is 45.5 Å². The number of carbonyl (C=O) groups excluding carboxylic acids is 1. The molecule has 0 spiro atoms. The average Bonchev–Trinajstić information content (AvgIpc) is 2.40. The van der Waals surface area contributed by atoms with Gasteiger partial charge in [-0.25, -0.2) is 8.42 Å². The lowest BCUT2D eigenvalue weighted by atomic mass is 10.2.